The topological polar surface area (TPSA) is 28.0 Å². The molecule has 0 aromatic heterocycles. The van der Waals surface area contributed by atoms with Gasteiger partial charge in [0.05, 0.1) is 5.70 Å². The summed E-state index contributed by atoms with van der Waals surface area (Å²) >= 11 is 0. The van der Waals surface area contributed by atoms with Crippen LogP contribution in [0, 0.1) is 0 Å². The van der Waals surface area contributed by atoms with Crippen molar-refractivity contribution in [3.63, 3.8) is 0 Å². The van der Waals surface area contributed by atoms with Gasteiger partial charge in [0.15, 0.2) is 5.84 Å². The van der Waals surface area contributed by atoms with Crippen LogP contribution in [0.2, 0.25) is 0 Å². The van der Waals surface area contributed by atoms with Crippen molar-refractivity contribution in [2.45, 2.75) is 0 Å². The van der Waals surface area contributed by atoms with Crippen LogP contribution in [0.3, 0.4) is 0 Å². The van der Waals surface area contributed by atoms with Gasteiger partial charge < -0.3 is 4.90 Å². The van der Waals surface area contributed by atoms with Gasteiger partial charge >= 0.3 is 0 Å². The number of fused-ring (bicyclic) bond motifs is 2. The Hall–Kier alpha value is -2.94. The SMILES string of the molecule is C=C1N=C(/N=C2/c3ccccc3C(=C)N2C)c2ccccc21. The third-order valence-corrected chi connectivity index (χ3v) is 4.13. The maximum Gasteiger partial charge on any atom is 0.162 e. The molecule has 0 fully saturated rings. The van der Waals surface area contributed by atoms with Crippen LogP contribution >= 0.6 is 0 Å². The Balaban J connectivity index is 1.87. The third-order valence-electron chi connectivity index (χ3n) is 4.13. The van der Waals surface area contributed by atoms with E-state index in [-0.39, 0.29) is 0 Å². The molecule has 3 heteroatoms. The van der Waals surface area contributed by atoms with E-state index in [0.29, 0.717) is 5.84 Å². The summed E-state index contributed by atoms with van der Waals surface area (Å²) in [6, 6.07) is 16.2. The van der Waals surface area contributed by atoms with Crippen LogP contribution in [0.5, 0.6) is 0 Å². The molecule has 0 spiro atoms. The zero-order valence-corrected chi connectivity index (χ0v) is 12.4. The van der Waals surface area contributed by atoms with E-state index in [1.165, 1.54) is 0 Å². The highest BCUT2D eigenvalue weighted by Crippen LogP contribution is 2.32. The first-order valence-corrected chi connectivity index (χ1v) is 7.15. The molecule has 0 unspecified atom stereocenters. The normalized spacial score (nSPS) is 17.8. The fourth-order valence-electron chi connectivity index (χ4n) is 2.92. The smallest absolute Gasteiger partial charge is 0.162 e. The Kier molecular flexibility index (Phi) is 2.63. The van der Waals surface area contributed by atoms with E-state index in [0.717, 1.165) is 39.5 Å². The van der Waals surface area contributed by atoms with Gasteiger partial charge in [0.1, 0.15) is 5.84 Å². The van der Waals surface area contributed by atoms with Crippen LogP contribution in [0.4, 0.5) is 0 Å². The predicted octanol–water partition coefficient (Wildman–Crippen LogP) is 3.78. The molecule has 0 N–H and O–H groups in total. The number of nitrogens with zero attached hydrogens (tertiary/aromatic N) is 3. The fourth-order valence-corrected chi connectivity index (χ4v) is 2.92. The first kappa shape index (κ1) is 12.8. The third kappa shape index (κ3) is 1.69. The highest BCUT2D eigenvalue weighted by Gasteiger charge is 2.27. The number of hydrogen-bond donors (Lipinski definition) is 0. The number of benzene rings is 2. The van der Waals surface area contributed by atoms with Crippen molar-refractivity contribution < 1.29 is 0 Å². The van der Waals surface area contributed by atoms with Crippen LogP contribution in [-0.2, 0) is 0 Å². The molecule has 0 saturated heterocycles. The summed E-state index contributed by atoms with van der Waals surface area (Å²) in [5.41, 5.74) is 6.02. The number of hydrogen-bond acceptors (Lipinski definition) is 2. The van der Waals surface area contributed by atoms with Crippen molar-refractivity contribution in [3.8, 4) is 0 Å². The zero-order chi connectivity index (χ0) is 15.3. The molecule has 0 saturated carbocycles. The van der Waals surface area contributed by atoms with Gasteiger partial charge in [-0.3, -0.25) is 0 Å². The minimum atomic E-state index is 0.715. The van der Waals surface area contributed by atoms with Crippen molar-refractivity contribution in [2.75, 3.05) is 7.05 Å². The summed E-state index contributed by atoms with van der Waals surface area (Å²) in [6.45, 7) is 8.16. The second kappa shape index (κ2) is 4.53. The van der Waals surface area contributed by atoms with E-state index < -0.39 is 0 Å². The number of rotatable bonds is 0. The summed E-state index contributed by atoms with van der Waals surface area (Å²) in [6.07, 6.45) is 0. The first-order valence-electron chi connectivity index (χ1n) is 7.15. The van der Waals surface area contributed by atoms with Crippen molar-refractivity contribution in [1.82, 2.24) is 4.90 Å². The minimum absolute atomic E-state index is 0.715. The molecule has 2 aliphatic heterocycles. The van der Waals surface area contributed by atoms with Crippen LogP contribution in [0.15, 0.2) is 71.7 Å². The van der Waals surface area contributed by atoms with Gasteiger partial charge in [-0.2, -0.15) is 0 Å². The summed E-state index contributed by atoms with van der Waals surface area (Å²) in [7, 11) is 1.98. The molecule has 106 valence electrons. The van der Waals surface area contributed by atoms with Gasteiger partial charge in [-0.25, -0.2) is 9.98 Å². The Morgan fingerprint density at radius 1 is 0.864 bits per heavy atom. The lowest BCUT2D eigenvalue weighted by atomic mass is 10.1. The highest BCUT2D eigenvalue weighted by molar-refractivity contribution is 6.20. The molecule has 3 nitrogen and oxygen atoms in total. The van der Waals surface area contributed by atoms with Gasteiger partial charge in [0.25, 0.3) is 0 Å². The average molecular weight is 285 g/mol. The quantitative estimate of drug-likeness (QED) is 0.724. The van der Waals surface area contributed by atoms with Crippen molar-refractivity contribution in [3.05, 3.63) is 83.9 Å². The monoisotopic (exact) mass is 285 g/mol. The van der Waals surface area contributed by atoms with Gasteiger partial charge in [0, 0.05) is 35.0 Å². The van der Waals surface area contributed by atoms with Gasteiger partial charge in [-0.1, -0.05) is 61.7 Å². The maximum atomic E-state index is 4.81. The lowest BCUT2D eigenvalue weighted by Gasteiger charge is -2.13. The van der Waals surface area contributed by atoms with E-state index in [9.17, 15) is 0 Å². The van der Waals surface area contributed by atoms with Gasteiger partial charge in [-0.05, 0) is 0 Å². The molecule has 2 aliphatic rings. The summed E-state index contributed by atoms with van der Waals surface area (Å²) in [5.74, 6) is 1.59. The van der Waals surface area contributed by atoms with Crippen LogP contribution < -0.4 is 0 Å². The van der Waals surface area contributed by atoms with Gasteiger partial charge in [0.2, 0.25) is 0 Å². The molecule has 2 aromatic rings. The standard InChI is InChI=1S/C19H15N3/c1-12-14-8-4-6-10-16(14)18(20-12)21-19-17-11-7-5-9-15(17)13(2)22(19)3/h4-11H,1-2H2,3H3/b21-19-. The number of aliphatic imine (C=N–C) groups is 2. The molecule has 2 aromatic carbocycles. The minimum Gasteiger partial charge on any atom is -0.329 e. The molecular formula is C19H15N3. The zero-order valence-electron chi connectivity index (χ0n) is 12.4. The van der Waals surface area contributed by atoms with Crippen molar-refractivity contribution in [2.24, 2.45) is 9.98 Å². The Labute approximate surface area is 129 Å². The molecule has 0 amide bonds. The van der Waals surface area contributed by atoms with E-state index in [4.69, 9.17) is 4.99 Å². The molecule has 0 atom stereocenters. The second-order valence-corrected chi connectivity index (χ2v) is 5.41. The molecule has 22 heavy (non-hydrogen) atoms. The molecule has 4 rings (SSSR count). The Bertz CT molecular complexity index is 887. The summed E-state index contributed by atoms with van der Waals surface area (Å²) < 4.78 is 0. The average Bonchev–Trinajstić information content (AvgIpc) is 2.99. The van der Waals surface area contributed by atoms with Crippen LogP contribution in [-0.4, -0.2) is 23.6 Å². The lowest BCUT2D eigenvalue weighted by molar-refractivity contribution is 0.741. The molecular weight excluding hydrogens is 270 g/mol. The van der Waals surface area contributed by atoms with E-state index in [2.05, 4.69) is 30.3 Å². The molecule has 0 bridgehead atoms. The molecule has 0 aliphatic carbocycles. The second-order valence-electron chi connectivity index (χ2n) is 5.41. The van der Waals surface area contributed by atoms with Crippen molar-refractivity contribution >= 4 is 23.1 Å². The summed E-state index contributed by atoms with van der Waals surface area (Å²) in [5, 5.41) is 0. The van der Waals surface area contributed by atoms with E-state index in [1.54, 1.807) is 0 Å². The van der Waals surface area contributed by atoms with Crippen LogP contribution in [0.1, 0.15) is 22.3 Å². The first-order chi connectivity index (χ1) is 10.7. The van der Waals surface area contributed by atoms with E-state index >= 15 is 0 Å². The fraction of sp³-hybridized carbons (Fsp3) is 0.0526. The predicted molar refractivity (Wildman–Crippen MR) is 91.8 cm³/mol. The maximum absolute atomic E-state index is 4.81. The number of amidine groups is 2. The van der Waals surface area contributed by atoms with Gasteiger partial charge in [-0.15, -0.1) is 0 Å². The highest BCUT2D eigenvalue weighted by atomic mass is 15.2. The summed E-state index contributed by atoms with van der Waals surface area (Å²) in [4.78, 5) is 11.4. The van der Waals surface area contributed by atoms with Crippen LogP contribution in [0.25, 0.3) is 11.4 Å². The molecule has 2 heterocycles. The van der Waals surface area contributed by atoms with E-state index in [1.807, 2.05) is 48.3 Å². The lowest BCUT2D eigenvalue weighted by Crippen LogP contribution is -2.19. The Morgan fingerprint density at radius 2 is 1.45 bits per heavy atom. The Morgan fingerprint density at radius 3 is 2.18 bits per heavy atom. The van der Waals surface area contributed by atoms with Crippen molar-refractivity contribution in [1.29, 1.82) is 0 Å². The largest absolute Gasteiger partial charge is 0.329 e. The molecule has 0 radical (unpaired) electrons.